The lowest BCUT2D eigenvalue weighted by molar-refractivity contribution is -0.137. The number of hydrogen-bond donors (Lipinski definition) is 1. The molecule has 2 aliphatic rings. The van der Waals surface area contributed by atoms with Crippen molar-refractivity contribution in [2.75, 3.05) is 7.05 Å². The molecular weight excluding hydrogens is 276 g/mol. The third kappa shape index (κ3) is 2.59. The van der Waals surface area contributed by atoms with Gasteiger partial charge in [0.15, 0.2) is 0 Å². The standard InChI is InChI=1S/C15H22N2O2.ClH/c1-9-3-6-12(19-9)8-17(2)15(18)13-10-4-5-11(7-10)14(13)16;/h3,6,10-11,13-14H,4-5,7-8,16H2,1-2H3;1H. The number of carbonyl (C=O) groups excluding carboxylic acids is 1. The summed E-state index contributed by atoms with van der Waals surface area (Å²) in [6.45, 7) is 2.45. The highest BCUT2D eigenvalue weighted by molar-refractivity contribution is 5.85. The molecule has 4 nitrogen and oxygen atoms in total. The fraction of sp³-hybridized carbons (Fsp3) is 0.667. The molecule has 20 heavy (non-hydrogen) atoms. The molecule has 2 bridgehead atoms. The van der Waals surface area contributed by atoms with E-state index in [9.17, 15) is 4.79 Å². The molecule has 0 aliphatic heterocycles. The Labute approximate surface area is 126 Å². The van der Waals surface area contributed by atoms with E-state index in [1.807, 2.05) is 26.1 Å². The molecule has 0 radical (unpaired) electrons. The Morgan fingerprint density at radius 3 is 2.65 bits per heavy atom. The highest BCUT2D eigenvalue weighted by Crippen LogP contribution is 2.48. The van der Waals surface area contributed by atoms with E-state index < -0.39 is 0 Å². The maximum Gasteiger partial charge on any atom is 0.227 e. The van der Waals surface area contributed by atoms with Crippen molar-refractivity contribution in [3.63, 3.8) is 0 Å². The van der Waals surface area contributed by atoms with E-state index in [4.69, 9.17) is 10.2 Å². The molecule has 2 saturated carbocycles. The van der Waals surface area contributed by atoms with Gasteiger partial charge in [-0.2, -0.15) is 0 Å². The second-order valence-corrected chi connectivity index (χ2v) is 6.14. The van der Waals surface area contributed by atoms with E-state index in [-0.39, 0.29) is 30.3 Å². The molecule has 112 valence electrons. The molecule has 1 aromatic rings. The Bertz CT molecular complexity index is 486. The van der Waals surface area contributed by atoms with E-state index in [0.717, 1.165) is 17.9 Å². The van der Waals surface area contributed by atoms with E-state index in [2.05, 4.69) is 0 Å². The number of furan rings is 1. The van der Waals surface area contributed by atoms with Gasteiger partial charge in [0, 0.05) is 13.1 Å². The minimum Gasteiger partial charge on any atom is -0.464 e. The highest BCUT2D eigenvalue weighted by Gasteiger charge is 2.49. The van der Waals surface area contributed by atoms with Crippen LogP contribution in [0.25, 0.3) is 0 Å². The summed E-state index contributed by atoms with van der Waals surface area (Å²) in [5.41, 5.74) is 6.23. The van der Waals surface area contributed by atoms with Crippen molar-refractivity contribution in [1.29, 1.82) is 0 Å². The van der Waals surface area contributed by atoms with E-state index in [1.54, 1.807) is 4.90 Å². The molecule has 2 aliphatic carbocycles. The topological polar surface area (TPSA) is 59.5 Å². The van der Waals surface area contributed by atoms with Crippen LogP contribution in [0.3, 0.4) is 0 Å². The Hall–Kier alpha value is -1.00. The van der Waals surface area contributed by atoms with Gasteiger partial charge >= 0.3 is 0 Å². The second kappa shape index (κ2) is 5.78. The average molecular weight is 299 g/mol. The summed E-state index contributed by atoms with van der Waals surface area (Å²) < 4.78 is 5.53. The minimum absolute atomic E-state index is 0. The molecule has 5 heteroatoms. The number of hydrogen-bond acceptors (Lipinski definition) is 3. The summed E-state index contributed by atoms with van der Waals surface area (Å²) >= 11 is 0. The molecule has 2 N–H and O–H groups in total. The zero-order valence-corrected chi connectivity index (χ0v) is 12.9. The van der Waals surface area contributed by atoms with Crippen LogP contribution in [0.4, 0.5) is 0 Å². The van der Waals surface area contributed by atoms with Gasteiger partial charge in [-0.3, -0.25) is 4.79 Å². The zero-order chi connectivity index (χ0) is 13.6. The number of fused-ring (bicyclic) bond motifs is 2. The Balaban J connectivity index is 0.00000147. The summed E-state index contributed by atoms with van der Waals surface area (Å²) in [5, 5.41) is 0. The fourth-order valence-electron chi connectivity index (χ4n) is 3.84. The van der Waals surface area contributed by atoms with Gasteiger partial charge in [-0.25, -0.2) is 0 Å². The van der Waals surface area contributed by atoms with Gasteiger partial charge in [-0.15, -0.1) is 12.4 Å². The third-order valence-electron chi connectivity index (χ3n) is 4.83. The van der Waals surface area contributed by atoms with Crippen LogP contribution in [0.15, 0.2) is 16.5 Å². The van der Waals surface area contributed by atoms with Crippen LogP contribution in [-0.4, -0.2) is 23.9 Å². The molecule has 3 rings (SSSR count). The third-order valence-corrected chi connectivity index (χ3v) is 4.83. The summed E-state index contributed by atoms with van der Waals surface area (Å²) in [4.78, 5) is 14.3. The summed E-state index contributed by atoms with van der Waals surface area (Å²) in [5.74, 6) is 3.01. The molecule has 1 heterocycles. The maximum atomic E-state index is 12.6. The number of rotatable bonds is 3. The number of halogens is 1. The molecule has 0 spiro atoms. The van der Waals surface area contributed by atoms with Crippen LogP contribution in [-0.2, 0) is 11.3 Å². The summed E-state index contributed by atoms with van der Waals surface area (Å²) in [6, 6.07) is 3.92. The average Bonchev–Trinajstić information content (AvgIpc) is 3.05. The largest absolute Gasteiger partial charge is 0.464 e. The van der Waals surface area contributed by atoms with Crippen LogP contribution in [0.1, 0.15) is 30.8 Å². The lowest BCUT2D eigenvalue weighted by Crippen LogP contribution is -2.45. The number of nitrogens with two attached hydrogens (primary N) is 1. The molecule has 2 fully saturated rings. The van der Waals surface area contributed by atoms with Gasteiger partial charge in [0.2, 0.25) is 5.91 Å². The van der Waals surface area contributed by atoms with Crippen molar-refractivity contribution in [3.05, 3.63) is 23.7 Å². The van der Waals surface area contributed by atoms with Crippen LogP contribution in [0.2, 0.25) is 0 Å². The van der Waals surface area contributed by atoms with Gasteiger partial charge in [0.05, 0.1) is 12.5 Å². The van der Waals surface area contributed by atoms with Crippen molar-refractivity contribution >= 4 is 18.3 Å². The Kier molecular flexibility index (Phi) is 4.45. The van der Waals surface area contributed by atoms with Gasteiger partial charge in [-0.05, 0) is 50.2 Å². The molecule has 1 amide bonds. The predicted octanol–water partition coefficient (Wildman–Crippen LogP) is 2.34. The van der Waals surface area contributed by atoms with Crippen LogP contribution < -0.4 is 5.73 Å². The first-order chi connectivity index (χ1) is 9.06. The lowest BCUT2D eigenvalue weighted by Gasteiger charge is -2.30. The van der Waals surface area contributed by atoms with Crippen LogP contribution in [0.5, 0.6) is 0 Å². The van der Waals surface area contributed by atoms with Gasteiger partial charge in [-0.1, -0.05) is 0 Å². The van der Waals surface area contributed by atoms with Crippen molar-refractivity contribution in [1.82, 2.24) is 4.90 Å². The Morgan fingerprint density at radius 2 is 2.10 bits per heavy atom. The van der Waals surface area contributed by atoms with Crippen molar-refractivity contribution < 1.29 is 9.21 Å². The van der Waals surface area contributed by atoms with E-state index in [1.165, 1.54) is 12.8 Å². The first kappa shape index (κ1) is 15.4. The molecule has 1 aromatic heterocycles. The summed E-state index contributed by atoms with van der Waals surface area (Å²) in [7, 11) is 1.85. The molecule has 4 unspecified atom stereocenters. The van der Waals surface area contributed by atoms with E-state index in [0.29, 0.717) is 18.4 Å². The maximum absolute atomic E-state index is 12.6. The Morgan fingerprint density at radius 1 is 1.40 bits per heavy atom. The first-order valence-corrected chi connectivity index (χ1v) is 7.12. The quantitative estimate of drug-likeness (QED) is 0.932. The number of nitrogens with zero attached hydrogens (tertiary/aromatic N) is 1. The van der Waals surface area contributed by atoms with Gasteiger partial charge < -0.3 is 15.1 Å². The first-order valence-electron chi connectivity index (χ1n) is 7.12. The van der Waals surface area contributed by atoms with Crippen LogP contribution in [0, 0.1) is 24.7 Å². The fourth-order valence-corrected chi connectivity index (χ4v) is 3.84. The zero-order valence-electron chi connectivity index (χ0n) is 12.0. The lowest BCUT2D eigenvalue weighted by atomic mass is 9.84. The predicted molar refractivity (Wildman–Crippen MR) is 79.5 cm³/mol. The van der Waals surface area contributed by atoms with Crippen LogP contribution >= 0.6 is 12.4 Å². The SMILES string of the molecule is Cc1ccc(CN(C)C(=O)C2C3CCC(C3)C2N)o1.Cl. The van der Waals surface area contributed by atoms with Crippen molar-refractivity contribution in [3.8, 4) is 0 Å². The molecule has 0 aromatic carbocycles. The van der Waals surface area contributed by atoms with Gasteiger partial charge in [0.25, 0.3) is 0 Å². The molecule has 0 saturated heterocycles. The van der Waals surface area contributed by atoms with E-state index >= 15 is 0 Å². The summed E-state index contributed by atoms with van der Waals surface area (Å²) in [6.07, 6.45) is 3.52. The number of carbonyl (C=O) groups is 1. The molecular formula is C15H23ClN2O2. The monoisotopic (exact) mass is 298 g/mol. The smallest absolute Gasteiger partial charge is 0.227 e. The van der Waals surface area contributed by atoms with Crippen molar-refractivity contribution in [2.45, 2.75) is 38.8 Å². The minimum atomic E-state index is 0. The number of aryl methyl sites for hydroxylation is 1. The molecule has 4 atom stereocenters. The van der Waals surface area contributed by atoms with Gasteiger partial charge in [0.1, 0.15) is 11.5 Å². The highest BCUT2D eigenvalue weighted by atomic mass is 35.5. The number of amides is 1. The normalized spacial score (nSPS) is 31.1. The van der Waals surface area contributed by atoms with Crippen molar-refractivity contribution in [2.24, 2.45) is 23.5 Å². The second-order valence-electron chi connectivity index (χ2n) is 6.14.